The average molecular weight is 498 g/mol. The van der Waals surface area contributed by atoms with Gasteiger partial charge < -0.3 is 10.1 Å². The second kappa shape index (κ2) is 9.69. The van der Waals surface area contributed by atoms with Crippen LogP contribution >= 0.6 is 31.9 Å². The maximum atomic E-state index is 13.2. The van der Waals surface area contributed by atoms with Crippen LogP contribution in [0, 0.1) is 13.8 Å². The second-order valence-corrected chi connectivity index (χ2v) is 8.12. The van der Waals surface area contributed by atoms with Crippen LogP contribution in [0.4, 0.5) is 5.69 Å². The fraction of sp³-hybridized carbons (Fsp3) is 0.429. The number of halogens is 2. The summed E-state index contributed by atoms with van der Waals surface area (Å²) < 4.78 is 7.67. The Morgan fingerprint density at radius 1 is 1.07 bits per heavy atom. The number of anilines is 1. The fourth-order valence-corrected chi connectivity index (χ4v) is 3.98. The molecule has 0 saturated heterocycles. The number of aryl methyl sites for hydroxylation is 4. The summed E-state index contributed by atoms with van der Waals surface area (Å²) in [6.07, 6.45) is 2.52. The van der Waals surface area contributed by atoms with Crippen molar-refractivity contribution in [2.75, 3.05) is 11.9 Å². The first kappa shape index (κ1) is 21.9. The Balaban J connectivity index is 2.52. The molecular formula is C21H26Br2N2O2. The van der Waals surface area contributed by atoms with E-state index in [-0.39, 0.29) is 5.91 Å². The number of rotatable bonds is 7. The van der Waals surface area contributed by atoms with Crippen molar-refractivity contribution in [1.82, 2.24) is 4.98 Å². The van der Waals surface area contributed by atoms with Crippen molar-refractivity contribution in [2.24, 2.45) is 0 Å². The third-order valence-electron chi connectivity index (χ3n) is 4.39. The monoisotopic (exact) mass is 496 g/mol. The second-order valence-electron chi connectivity index (χ2n) is 6.41. The summed E-state index contributed by atoms with van der Waals surface area (Å²) in [5, 5.41) is 3.13. The lowest BCUT2D eigenvalue weighted by Gasteiger charge is -2.19. The molecule has 0 radical (unpaired) electrons. The number of carbonyl (C=O) groups is 1. The van der Waals surface area contributed by atoms with E-state index in [9.17, 15) is 4.79 Å². The normalized spacial score (nSPS) is 10.8. The van der Waals surface area contributed by atoms with Crippen LogP contribution in [0.5, 0.6) is 5.75 Å². The Labute approximate surface area is 178 Å². The van der Waals surface area contributed by atoms with E-state index in [1.807, 2.05) is 20.8 Å². The minimum absolute atomic E-state index is 0.196. The van der Waals surface area contributed by atoms with Crippen LogP contribution in [0.1, 0.15) is 60.1 Å². The molecule has 0 aliphatic heterocycles. The number of pyridine rings is 1. The molecule has 0 fully saturated rings. The first-order chi connectivity index (χ1) is 12.8. The molecule has 27 heavy (non-hydrogen) atoms. The molecule has 2 rings (SSSR count). The van der Waals surface area contributed by atoms with E-state index >= 15 is 0 Å². The Bertz CT molecular complexity index is 826. The quantitative estimate of drug-likeness (QED) is 0.482. The third-order valence-corrected chi connectivity index (χ3v) is 5.78. The van der Waals surface area contributed by atoms with Gasteiger partial charge in [-0.25, -0.2) is 0 Å². The predicted molar refractivity (Wildman–Crippen MR) is 118 cm³/mol. The zero-order valence-electron chi connectivity index (χ0n) is 16.5. The summed E-state index contributed by atoms with van der Waals surface area (Å²) in [5.74, 6) is 0.367. The first-order valence-electron chi connectivity index (χ1n) is 9.26. The van der Waals surface area contributed by atoms with Gasteiger partial charge in [0.15, 0.2) is 0 Å². The van der Waals surface area contributed by atoms with Crippen LogP contribution < -0.4 is 10.1 Å². The van der Waals surface area contributed by atoms with Crippen molar-refractivity contribution in [3.8, 4) is 5.75 Å². The largest absolute Gasteiger partial charge is 0.491 e. The Morgan fingerprint density at radius 3 is 2.19 bits per heavy atom. The predicted octanol–water partition coefficient (Wildman–Crippen LogP) is 6.39. The number of benzene rings is 1. The fourth-order valence-electron chi connectivity index (χ4n) is 3.02. The molecule has 2 aromatic rings. The third kappa shape index (κ3) is 4.91. The smallest absolute Gasteiger partial charge is 0.261 e. The van der Waals surface area contributed by atoms with Crippen molar-refractivity contribution < 1.29 is 9.53 Å². The van der Waals surface area contributed by atoms with Gasteiger partial charge in [0, 0.05) is 10.2 Å². The van der Waals surface area contributed by atoms with E-state index in [0.29, 0.717) is 23.6 Å². The van der Waals surface area contributed by atoms with Crippen LogP contribution in [0.3, 0.4) is 0 Å². The maximum Gasteiger partial charge on any atom is 0.261 e. The van der Waals surface area contributed by atoms with Crippen molar-refractivity contribution >= 4 is 43.5 Å². The first-order valence-corrected chi connectivity index (χ1v) is 10.8. The van der Waals surface area contributed by atoms with E-state index in [0.717, 1.165) is 50.7 Å². The summed E-state index contributed by atoms with van der Waals surface area (Å²) in [6, 6.07) is 4.11. The summed E-state index contributed by atoms with van der Waals surface area (Å²) >= 11 is 7.10. The molecule has 1 aromatic carbocycles. The molecule has 0 bridgehead atoms. The summed E-state index contributed by atoms with van der Waals surface area (Å²) in [7, 11) is 0. The molecule has 1 amide bonds. The summed E-state index contributed by atoms with van der Waals surface area (Å²) in [5.41, 5.74) is 5.03. The van der Waals surface area contributed by atoms with Gasteiger partial charge in [0.05, 0.1) is 22.5 Å². The van der Waals surface area contributed by atoms with Gasteiger partial charge in [-0.2, -0.15) is 0 Å². The number of nitrogens with one attached hydrogen (secondary N) is 1. The molecular weight excluding hydrogens is 472 g/mol. The highest BCUT2D eigenvalue weighted by Gasteiger charge is 2.23. The van der Waals surface area contributed by atoms with E-state index in [1.54, 1.807) is 0 Å². The average Bonchev–Trinajstić information content (AvgIpc) is 2.64. The lowest BCUT2D eigenvalue weighted by atomic mass is 10.0. The van der Waals surface area contributed by atoms with Crippen LogP contribution in [0.25, 0.3) is 0 Å². The number of nitrogens with zero attached hydrogens (tertiary/aromatic N) is 1. The Morgan fingerprint density at radius 2 is 1.67 bits per heavy atom. The van der Waals surface area contributed by atoms with Crippen molar-refractivity contribution in [3.63, 3.8) is 0 Å². The Kier molecular flexibility index (Phi) is 7.86. The van der Waals surface area contributed by atoms with Gasteiger partial charge in [0.1, 0.15) is 11.3 Å². The van der Waals surface area contributed by atoms with E-state index in [2.05, 4.69) is 68.1 Å². The van der Waals surface area contributed by atoms with Gasteiger partial charge in [-0.05, 0) is 72.3 Å². The zero-order valence-corrected chi connectivity index (χ0v) is 19.7. The lowest BCUT2D eigenvalue weighted by molar-refractivity contribution is 0.102. The molecule has 0 unspecified atom stereocenters. The lowest BCUT2D eigenvalue weighted by Crippen LogP contribution is -2.19. The Hall–Kier alpha value is -1.40. The van der Waals surface area contributed by atoms with Crippen LogP contribution in [-0.4, -0.2) is 17.5 Å². The molecule has 0 atom stereocenters. The minimum Gasteiger partial charge on any atom is -0.491 e. The van der Waals surface area contributed by atoms with E-state index in [1.165, 1.54) is 0 Å². The SMILES string of the molecule is CCCOc1c(Br)c(C)nc(C)c1C(=O)Nc1c(CC)cc(Br)cc1CC. The molecule has 1 N–H and O–H groups in total. The standard InChI is InChI=1S/C21H26Br2N2O2/c1-6-9-27-20-17(12(4)24-13(5)18(20)23)21(26)25-19-14(7-2)10-16(22)11-15(19)8-3/h10-11H,6-9H2,1-5H3,(H,25,26). The zero-order chi connectivity index (χ0) is 20.1. The number of ether oxygens (including phenoxy) is 1. The van der Waals surface area contributed by atoms with Gasteiger partial charge in [0.2, 0.25) is 0 Å². The van der Waals surface area contributed by atoms with Crippen LogP contribution in [0.2, 0.25) is 0 Å². The topological polar surface area (TPSA) is 51.2 Å². The van der Waals surface area contributed by atoms with Crippen molar-refractivity contribution in [2.45, 2.75) is 53.9 Å². The minimum atomic E-state index is -0.196. The number of hydrogen-bond donors (Lipinski definition) is 1. The van der Waals surface area contributed by atoms with E-state index in [4.69, 9.17) is 4.74 Å². The highest BCUT2D eigenvalue weighted by molar-refractivity contribution is 9.10. The van der Waals surface area contributed by atoms with Crippen LogP contribution in [-0.2, 0) is 12.8 Å². The summed E-state index contributed by atoms with van der Waals surface area (Å²) in [4.78, 5) is 17.7. The molecule has 1 aromatic heterocycles. The molecule has 0 saturated carbocycles. The highest BCUT2D eigenvalue weighted by Crippen LogP contribution is 2.35. The number of aromatic nitrogens is 1. The van der Waals surface area contributed by atoms with Crippen LogP contribution in [0.15, 0.2) is 21.1 Å². The van der Waals surface area contributed by atoms with E-state index < -0.39 is 0 Å². The van der Waals surface area contributed by atoms with Gasteiger partial charge in [-0.1, -0.05) is 36.7 Å². The maximum absolute atomic E-state index is 13.2. The van der Waals surface area contributed by atoms with Gasteiger partial charge in [-0.3, -0.25) is 9.78 Å². The number of hydrogen-bond acceptors (Lipinski definition) is 3. The van der Waals surface area contributed by atoms with Gasteiger partial charge in [-0.15, -0.1) is 0 Å². The molecule has 6 heteroatoms. The molecule has 1 heterocycles. The van der Waals surface area contributed by atoms with Crippen molar-refractivity contribution in [1.29, 1.82) is 0 Å². The molecule has 0 aliphatic rings. The molecule has 0 aliphatic carbocycles. The van der Waals surface area contributed by atoms with Gasteiger partial charge >= 0.3 is 0 Å². The number of carbonyl (C=O) groups excluding carboxylic acids is 1. The molecule has 146 valence electrons. The van der Waals surface area contributed by atoms with Gasteiger partial charge in [0.25, 0.3) is 5.91 Å². The highest BCUT2D eigenvalue weighted by atomic mass is 79.9. The number of amides is 1. The molecule has 0 spiro atoms. The van der Waals surface area contributed by atoms with Crippen molar-refractivity contribution in [3.05, 3.63) is 49.2 Å². The summed E-state index contributed by atoms with van der Waals surface area (Å²) in [6.45, 7) is 10.5. The molecule has 4 nitrogen and oxygen atoms in total.